The Hall–Kier alpha value is -4.19. The maximum absolute atomic E-state index is 11.2. The van der Waals surface area contributed by atoms with Crippen LogP contribution in [0.2, 0.25) is 0 Å². The molecule has 0 unspecified atom stereocenters. The van der Waals surface area contributed by atoms with Gasteiger partial charge in [0.25, 0.3) is 5.69 Å². The Kier molecular flexibility index (Phi) is 7.63. The highest BCUT2D eigenvalue weighted by molar-refractivity contribution is 14.0. The standard InChI is InChI=1S/C18H10BrNO3.C18H10BrNO.HI.H2/c19-15-6-3-5-14-13-9-8-11(10-17(13)23-18(14)15)12-4-1-2-7-16(12)20(21)22;19-14-6-3-5-12-13-9-8-11-10-4-1-2-7-15(10)20-16(11)18(13)21-17(12)14;;/h1-10H;1-9,20H;2*1H. The molecule has 0 amide bonds. The van der Waals surface area contributed by atoms with Crippen LogP contribution in [0.3, 0.4) is 0 Å². The van der Waals surface area contributed by atoms with Crippen LogP contribution >= 0.6 is 55.8 Å². The van der Waals surface area contributed by atoms with Crippen molar-refractivity contribution in [2.24, 2.45) is 0 Å². The van der Waals surface area contributed by atoms with Crippen LogP contribution in [0.1, 0.15) is 1.43 Å². The van der Waals surface area contributed by atoms with Crippen molar-refractivity contribution < 1.29 is 15.2 Å². The largest absolute Gasteiger partial charge is 0.455 e. The molecule has 0 spiro atoms. The molecule has 222 valence electrons. The van der Waals surface area contributed by atoms with Crippen molar-refractivity contribution in [3.63, 3.8) is 0 Å². The second-order valence-electron chi connectivity index (χ2n) is 10.5. The summed E-state index contributed by atoms with van der Waals surface area (Å²) in [5.41, 5.74) is 6.95. The molecule has 0 fully saturated rings. The van der Waals surface area contributed by atoms with Crippen molar-refractivity contribution >= 4 is 127 Å². The third-order valence-corrected chi connectivity index (χ3v) is 9.21. The molecular formula is C36H23Br2IN2O4. The van der Waals surface area contributed by atoms with Gasteiger partial charge in [-0.2, -0.15) is 0 Å². The van der Waals surface area contributed by atoms with E-state index in [-0.39, 0.29) is 36.0 Å². The van der Waals surface area contributed by atoms with E-state index in [0.29, 0.717) is 11.1 Å². The summed E-state index contributed by atoms with van der Waals surface area (Å²) in [6, 6.07) is 37.1. The number of benzene rings is 6. The van der Waals surface area contributed by atoms with Gasteiger partial charge in [-0.3, -0.25) is 10.1 Å². The van der Waals surface area contributed by atoms with Crippen LogP contribution in [0, 0.1) is 10.1 Å². The van der Waals surface area contributed by atoms with Gasteiger partial charge in [-0.15, -0.1) is 24.0 Å². The first kappa shape index (κ1) is 29.5. The maximum Gasteiger partial charge on any atom is 0.277 e. The monoisotopic (exact) mass is 832 g/mol. The minimum absolute atomic E-state index is 0. The predicted octanol–water partition coefficient (Wildman–Crippen LogP) is 12.8. The molecule has 0 saturated carbocycles. The highest BCUT2D eigenvalue weighted by Gasteiger charge is 2.17. The molecule has 6 aromatic carbocycles. The fraction of sp³-hybridized carbons (Fsp3) is 0. The van der Waals surface area contributed by atoms with Gasteiger partial charge in [-0.05, 0) is 79.9 Å². The van der Waals surface area contributed by atoms with Crippen molar-refractivity contribution in [1.82, 2.24) is 4.98 Å². The van der Waals surface area contributed by atoms with Gasteiger partial charge in [0.1, 0.15) is 16.7 Å². The van der Waals surface area contributed by atoms with Gasteiger partial charge in [0, 0.05) is 45.3 Å². The molecule has 9 heteroatoms. The minimum atomic E-state index is -0.366. The van der Waals surface area contributed by atoms with E-state index in [1.165, 1.54) is 16.8 Å². The van der Waals surface area contributed by atoms with E-state index in [1.54, 1.807) is 18.2 Å². The predicted molar refractivity (Wildman–Crippen MR) is 202 cm³/mol. The number of H-pyrrole nitrogens is 1. The molecule has 0 bridgehead atoms. The number of nitrogens with zero attached hydrogens (tertiary/aromatic N) is 1. The number of hydrogen-bond acceptors (Lipinski definition) is 4. The van der Waals surface area contributed by atoms with Crippen LogP contribution in [-0.2, 0) is 0 Å². The fourth-order valence-corrected chi connectivity index (χ4v) is 6.84. The quantitative estimate of drug-likeness (QED) is 0.107. The molecule has 9 aromatic rings. The third kappa shape index (κ3) is 4.90. The van der Waals surface area contributed by atoms with Crippen molar-refractivity contribution in [1.29, 1.82) is 0 Å². The lowest BCUT2D eigenvalue weighted by molar-refractivity contribution is -0.384. The Balaban J connectivity index is 0.000000155. The lowest BCUT2D eigenvalue weighted by Gasteiger charge is -2.02. The normalized spacial score (nSPS) is 11.3. The molecule has 45 heavy (non-hydrogen) atoms. The highest BCUT2D eigenvalue weighted by Crippen LogP contribution is 2.39. The minimum Gasteiger partial charge on any atom is -0.455 e. The molecule has 0 atom stereocenters. The van der Waals surface area contributed by atoms with Crippen LogP contribution in [-0.4, -0.2) is 9.91 Å². The Bertz CT molecular complexity index is 2590. The van der Waals surface area contributed by atoms with Gasteiger partial charge in [0.15, 0.2) is 5.58 Å². The van der Waals surface area contributed by atoms with E-state index in [4.69, 9.17) is 8.83 Å². The van der Waals surface area contributed by atoms with Crippen molar-refractivity contribution in [3.05, 3.63) is 134 Å². The summed E-state index contributed by atoms with van der Waals surface area (Å²) in [6.45, 7) is 0. The van der Waals surface area contributed by atoms with Gasteiger partial charge < -0.3 is 13.8 Å². The zero-order valence-electron chi connectivity index (χ0n) is 23.2. The average molecular weight is 834 g/mol. The van der Waals surface area contributed by atoms with Gasteiger partial charge in [-0.1, -0.05) is 66.7 Å². The number of hydrogen-bond donors (Lipinski definition) is 1. The van der Waals surface area contributed by atoms with Gasteiger partial charge in [0.05, 0.1) is 24.9 Å². The number of furan rings is 2. The van der Waals surface area contributed by atoms with Gasteiger partial charge >= 0.3 is 0 Å². The topological polar surface area (TPSA) is 85.2 Å². The van der Waals surface area contributed by atoms with Crippen molar-refractivity contribution in [3.8, 4) is 11.1 Å². The lowest BCUT2D eigenvalue weighted by Crippen LogP contribution is -1.91. The lowest BCUT2D eigenvalue weighted by atomic mass is 10.0. The van der Waals surface area contributed by atoms with Gasteiger partial charge in [-0.25, -0.2) is 0 Å². The second kappa shape index (κ2) is 11.6. The number of nitro benzene ring substituents is 1. The Morgan fingerprint density at radius 3 is 2.00 bits per heavy atom. The number of halogens is 3. The molecule has 3 aromatic heterocycles. The number of rotatable bonds is 2. The molecule has 0 aliphatic heterocycles. The first-order valence-electron chi connectivity index (χ1n) is 13.8. The summed E-state index contributed by atoms with van der Waals surface area (Å²) in [5, 5.41) is 17.9. The molecule has 0 radical (unpaired) electrons. The first-order chi connectivity index (χ1) is 21.5. The summed E-state index contributed by atoms with van der Waals surface area (Å²) in [4.78, 5) is 14.3. The number of aromatic nitrogens is 1. The summed E-state index contributed by atoms with van der Waals surface area (Å²) < 4.78 is 14.0. The summed E-state index contributed by atoms with van der Waals surface area (Å²) in [5.74, 6) is 0. The highest BCUT2D eigenvalue weighted by atomic mass is 127. The number of nitro groups is 1. The Morgan fingerprint density at radius 2 is 1.22 bits per heavy atom. The molecule has 0 saturated heterocycles. The summed E-state index contributed by atoms with van der Waals surface area (Å²) >= 11 is 7.06. The fourth-order valence-electron chi connectivity index (χ4n) is 5.95. The molecule has 0 aliphatic rings. The van der Waals surface area contributed by atoms with Crippen LogP contribution in [0.5, 0.6) is 0 Å². The van der Waals surface area contributed by atoms with Crippen LogP contribution in [0.4, 0.5) is 5.69 Å². The third-order valence-electron chi connectivity index (χ3n) is 7.96. The molecule has 6 nitrogen and oxygen atoms in total. The molecule has 1 N–H and O–H groups in total. The van der Waals surface area contributed by atoms with E-state index >= 15 is 0 Å². The molecule has 3 heterocycles. The maximum atomic E-state index is 11.2. The van der Waals surface area contributed by atoms with Gasteiger partial charge in [0.2, 0.25) is 0 Å². The molecular weight excluding hydrogens is 811 g/mol. The van der Waals surface area contributed by atoms with E-state index in [9.17, 15) is 10.1 Å². The van der Waals surface area contributed by atoms with E-state index in [1.807, 2.05) is 54.6 Å². The van der Waals surface area contributed by atoms with Crippen LogP contribution in [0.25, 0.3) is 76.8 Å². The smallest absolute Gasteiger partial charge is 0.277 e. The number of para-hydroxylation sites is 4. The molecule has 9 rings (SSSR count). The number of aromatic amines is 1. The Morgan fingerprint density at radius 1 is 0.622 bits per heavy atom. The summed E-state index contributed by atoms with van der Waals surface area (Å²) in [7, 11) is 0. The second-order valence-corrected chi connectivity index (χ2v) is 12.2. The first-order valence-corrected chi connectivity index (χ1v) is 15.4. The van der Waals surface area contributed by atoms with Crippen molar-refractivity contribution in [2.75, 3.05) is 0 Å². The number of fused-ring (bicyclic) bond motifs is 10. The zero-order chi connectivity index (χ0) is 29.9. The average Bonchev–Trinajstić information content (AvgIpc) is 3.74. The van der Waals surface area contributed by atoms with E-state index in [0.717, 1.165) is 63.8 Å². The van der Waals surface area contributed by atoms with E-state index < -0.39 is 0 Å². The number of nitrogens with one attached hydrogen (secondary N) is 1. The zero-order valence-corrected chi connectivity index (χ0v) is 28.7. The SMILES string of the molecule is Brc1cccc2c1oc1c2ccc2c3ccccc3[nH]c21.I.O=[N+]([O-])c1ccccc1-c1ccc2c(c1)oc1c(Br)cccc12.[HH]. The van der Waals surface area contributed by atoms with Crippen LogP contribution < -0.4 is 0 Å². The summed E-state index contributed by atoms with van der Waals surface area (Å²) in [6.07, 6.45) is 0. The van der Waals surface area contributed by atoms with Crippen molar-refractivity contribution in [2.45, 2.75) is 0 Å². The molecule has 0 aliphatic carbocycles. The van der Waals surface area contributed by atoms with Crippen LogP contribution in [0.15, 0.2) is 133 Å². The van der Waals surface area contributed by atoms with E-state index in [2.05, 4.69) is 73.2 Å². The Labute approximate surface area is 290 Å².